The van der Waals surface area contributed by atoms with Crippen LogP contribution in [-0.4, -0.2) is 48.6 Å². The number of nitrogens with zero attached hydrogens (tertiary/aromatic N) is 6. The van der Waals surface area contributed by atoms with Crippen LogP contribution >= 0.6 is 0 Å². The molecule has 0 atom stereocenters. The fourth-order valence-corrected chi connectivity index (χ4v) is 2.65. The molecule has 0 radical (unpaired) electrons. The Morgan fingerprint density at radius 2 is 2.04 bits per heavy atom. The van der Waals surface area contributed by atoms with Crippen molar-refractivity contribution < 1.29 is 6.22 Å². The molecule has 2 N–H and O–H groups in total. The van der Waals surface area contributed by atoms with E-state index in [2.05, 4.69) is 35.5 Å². The molecule has 9 nitrogen and oxygen atoms in total. The Bertz CT molecular complexity index is 911. The van der Waals surface area contributed by atoms with Gasteiger partial charge in [-0.25, -0.2) is 15.0 Å². The molecule has 25 heavy (non-hydrogen) atoms. The van der Waals surface area contributed by atoms with Crippen LogP contribution in [0.4, 0.5) is 11.6 Å². The summed E-state index contributed by atoms with van der Waals surface area (Å²) < 4.78 is 0. The standard InChI is InChI=1S/C16H16N8O.H2/c1-9(2)24-7-13(25)22-15-16(24)21-12(6-18-15)10-3-4-11(17-5-10)14-19-8-20-23-14;/h3-6,8-9H,7H2,1-2H3,(H,18,22,25)(H,19,20,23);1H. The smallest absolute Gasteiger partial charge is 0.245 e. The Kier molecular flexibility index (Phi) is 3.60. The fraction of sp³-hybridized carbons (Fsp3) is 0.250. The molecule has 4 heterocycles. The minimum absolute atomic E-state index is 0. The van der Waals surface area contributed by atoms with E-state index in [0.717, 1.165) is 5.56 Å². The van der Waals surface area contributed by atoms with Crippen LogP contribution in [0, 0.1) is 0 Å². The summed E-state index contributed by atoms with van der Waals surface area (Å²) >= 11 is 0. The van der Waals surface area contributed by atoms with E-state index in [9.17, 15) is 4.79 Å². The van der Waals surface area contributed by atoms with E-state index in [1.165, 1.54) is 6.33 Å². The van der Waals surface area contributed by atoms with Gasteiger partial charge < -0.3 is 10.2 Å². The van der Waals surface area contributed by atoms with Crippen molar-refractivity contribution in [3.8, 4) is 22.8 Å². The number of aromatic nitrogens is 6. The Labute approximate surface area is 145 Å². The number of aromatic amines is 1. The number of nitrogens with one attached hydrogen (secondary N) is 2. The second kappa shape index (κ2) is 5.93. The van der Waals surface area contributed by atoms with Crippen LogP contribution < -0.4 is 10.2 Å². The zero-order chi connectivity index (χ0) is 17.4. The van der Waals surface area contributed by atoms with Gasteiger partial charge in [0.15, 0.2) is 17.5 Å². The third kappa shape index (κ3) is 2.80. The molecule has 0 saturated carbocycles. The summed E-state index contributed by atoms with van der Waals surface area (Å²) in [7, 11) is 0. The van der Waals surface area contributed by atoms with Gasteiger partial charge in [0.1, 0.15) is 12.0 Å². The second-order valence-electron chi connectivity index (χ2n) is 5.96. The van der Waals surface area contributed by atoms with E-state index in [1.54, 1.807) is 12.4 Å². The van der Waals surface area contributed by atoms with Crippen molar-refractivity contribution in [2.75, 3.05) is 16.8 Å². The van der Waals surface area contributed by atoms with Gasteiger partial charge in [0.2, 0.25) is 5.91 Å². The summed E-state index contributed by atoms with van der Waals surface area (Å²) in [6.07, 6.45) is 4.79. The zero-order valence-corrected chi connectivity index (χ0v) is 13.8. The minimum atomic E-state index is -0.0821. The van der Waals surface area contributed by atoms with Gasteiger partial charge in [-0.05, 0) is 26.0 Å². The number of carbonyl (C=O) groups is 1. The number of hydrogen-bond acceptors (Lipinski definition) is 7. The highest BCUT2D eigenvalue weighted by atomic mass is 16.2. The van der Waals surface area contributed by atoms with E-state index >= 15 is 0 Å². The Morgan fingerprint density at radius 1 is 1.16 bits per heavy atom. The maximum absolute atomic E-state index is 11.8. The molecule has 0 saturated heterocycles. The first-order valence-corrected chi connectivity index (χ1v) is 7.87. The molecule has 0 fully saturated rings. The first-order chi connectivity index (χ1) is 12.1. The molecule has 1 aliphatic rings. The lowest BCUT2D eigenvalue weighted by Crippen LogP contribution is -2.43. The number of H-pyrrole nitrogens is 1. The lowest BCUT2D eigenvalue weighted by Gasteiger charge is -2.32. The highest BCUT2D eigenvalue weighted by Crippen LogP contribution is 2.29. The molecule has 0 spiro atoms. The Morgan fingerprint density at radius 3 is 2.72 bits per heavy atom. The number of fused-ring (bicyclic) bond motifs is 1. The van der Waals surface area contributed by atoms with E-state index in [-0.39, 0.29) is 19.9 Å². The van der Waals surface area contributed by atoms with E-state index < -0.39 is 0 Å². The summed E-state index contributed by atoms with van der Waals surface area (Å²) in [5, 5.41) is 9.36. The van der Waals surface area contributed by atoms with Crippen LogP contribution in [0.1, 0.15) is 15.3 Å². The highest BCUT2D eigenvalue weighted by Gasteiger charge is 2.26. The SMILES string of the molecule is CC(C)N1CC(=O)Nc2ncc(-c3ccc(-c4ncn[nH]4)nc3)nc21.[HH]. The van der Waals surface area contributed by atoms with E-state index in [0.29, 0.717) is 28.8 Å². The molecule has 4 rings (SSSR count). The molecular weight excluding hydrogens is 320 g/mol. The molecule has 0 unspecified atom stereocenters. The first kappa shape index (κ1) is 15.2. The largest absolute Gasteiger partial charge is 0.342 e. The monoisotopic (exact) mass is 338 g/mol. The van der Waals surface area contributed by atoms with Crippen molar-refractivity contribution in [3.05, 3.63) is 30.9 Å². The van der Waals surface area contributed by atoms with Gasteiger partial charge in [-0.3, -0.25) is 14.9 Å². The Balaban J connectivity index is 0.00000196. The molecule has 0 bridgehead atoms. The average Bonchev–Trinajstić information content (AvgIpc) is 3.15. The van der Waals surface area contributed by atoms with Crippen LogP contribution in [0.5, 0.6) is 0 Å². The predicted molar refractivity (Wildman–Crippen MR) is 93.9 cm³/mol. The normalized spacial score (nSPS) is 13.7. The van der Waals surface area contributed by atoms with Crippen molar-refractivity contribution in [1.82, 2.24) is 30.1 Å². The number of hydrogen-bond donors (Lipinski definition) is 2. The van der Waals surface area contributed by atoms with Crippen molar-refractivity contribution in [3.63, 3.8) is 0 Å². The number of amides is 1. The number of anilines is 2. The van der Waals surface area contributed by atoms with Gasteiger partial charge in [-0.15, -0.1) is 0 Å². The zero-order valence-electron chi connectivity index (χ0n) is 13.8. The van der Waals surface area contributed by atoms with E-state index in [1.807, 2.05) is 30.9 Å². The first-order valence-electron chi connectivity index (χ1n) is 7.87. The van der Waals surface area contributed by atoms with Crippen LogP contribution in [0.3, 0.4) is 0 Å². The van der Waals surface area contributed by atoms with Crippen LogP contribution in [0.15, 0.2) is 30.9 Å². The summed E-state index contributed by atoms with van der Waals surface area (Å²) in [5.41, 5.74) is 2.22. The van der Waals surface area contributed by atoms with Crippen LogP contribution in [0.25, 0.3) is 22.8 Å². The van der Waals surface area contributed by atoms with Crippen LogP contribution in [0.2, 0.25) is 0 Å². The van der Waals surface area contributed by atoms with E-state index in [4.69, 9.17) is 0 Å². The molecular formula is C16H18N8O. The topological polar surface area (TPSA) is 113 Å². The number of rotatable bonds is 3. The summed E-state index contributed by atoms with van der Waals surface area (Å²) in [4.78, 5) is 31.2. The number of pyridine rings is 1. The molecule has 0 aliphatic carbocycles. The summed E-state index contributed by atoms with van der Waals surface area (Å²) in [6, 6.07) is 3.89. The quantitative estimate of drug-likeness (QED) is 0.748. The molecule has 0 aromatic carbocycles. The maximum Gasteiger partial charge on any atom is 0.245 e. The third-order valence-corrected chi connectivity index (χ3v) is 3.94. The molecule has 3 aromatic heterocycles. The van der Waals surface area contributed by atoms with Crippen molar-refractivity contribution in [2.45, 2.75) is 19.9 Å². The summed E-state index contributed by atoms with van der Waals surface area (Å²) in [5.74, 6) is 1.68. The van der Waals surface area contributed by atoms with Gasteiger partial charge in [-0.2, -0.15) is 5.10 Å². The summed E-state index contributed by atoms with van der Waals surface area (Å²) in [6.45, 7) is 4.31. The predicted octanol–water partition coefficient (Wildman–Crippen LogP) is 1.74. The van der Waals surface area contributed by atoms with Gasteiger partial charge in [0.05, 0.1) is 18.4 Å². The Hall–Kier alpha value is -3.36. The van der Waals surface area contributed by atoms with Crippen LogP contribution in [-0.2, 0) is 4.79 Å². The lowest BCUT2D eigenvalue weighted by atomic mass is 10.2. The second-order valence-corrected chi connectivity index (χ2v) is 5.96. The number of carbonyl (C=O) groups excluding carboxylic acids is 1. The van der Waals surface area contributed by atoms with Gasteiger partial charge in [-0.1, -0.05) is 0 Å². The molecule has 9 heteroatoms. The minimum Gasteiger partial charge on any atom is -0.342 e. The van der Waals surface area contributed by atoms with Gasteiger partial charge in [0, 0.05) is 19.2 Å². The lowest BCUT2D eigenvalue weighted by molar-refractivity contribution is -0.115. The highest BCUT2D eigenvalue weighted by molar-refractivity contribution is 5.99. The van der Waals surface area contributed by atoms with Gasteiger partial charge >= 0.3 is 0 Å². The molecule has 1 aliphatic heterocycles. The maximum atomic E-state index is 11.8. The van der Waals surface area contributed by atoms with Crippen molar-refractivity contribution in [1.29, 1.82) is 0 Å². The third-order valence-electron chi connectivity index (χ3n) is 3.94. The molecule has 128 valence electrons. The van der Waals surface area contributed by atoms with Crippen molar-refractivity contribution >= 4 is 17.5 Å². The molecule has 3 aromatic rings. The van der Waals surface area contributed by atoms with Crippen molar-refractivity contribution in [2.24, 2.45) is 0 Å². The fourth-order valence-electron chi connectivity index (χ4n) is 2.65. The average molecular weight is 338 g/mol. The molecule has 1 amide bonds. The van der Waals surface area contributed by atoms with Gasteiger partial charge in [0.25, 0.3) is 0 Å².